The third-order valence-electron chi connectivity index (χ3n) is 15.4. The van der Waals surface area contributed by atoms with Gasteiger partial charge in [0.05, 0.1) is 39.9 Å². The van der Waals surface area contributed by atoms with E-state index in [1.165, 1.54) is 42.9 Å². The Balaban J connectivity index is 0.000000672. The van der Waals surface area contributed by atoms with Crippen molar-refractivity contribution in [2.75, 3.05) is 49.3 Å². The molecule has 6 aromatic rings. The van der Waals surface area contributed by atoms with Crippen LogP contribution in [0.2, 0.25) is 0 Å². The number of hydrogen-bond acceptors (Lipinski definition) is 12. The van der Waals surface area contributed by atoms with Crippen molar-refractivity contribution in [2.45, 2.75) is 216 Å². The van der Waals surface area contributed by atoms with Crippen LogP contribution in [0.25, 0.3) is 5.32 Å². The molecule has 4 N–H and O–H groups in total. The molecule has 1 radical (unpaired) electrons. The maximum atomic E-state index is 12.3. The van der Waals surface area contributed by atoms with E-state index in [-0.39, 0.29) is 85.3 Å². The van der Waals surface area contributed by atoms with Crippen molar-refractivity contribution >= 4 is 65.3 Å². The number of phenols is 2. The van der Waals surface area contributed by atoms with E-state index in [2.05, 4.69) is 183 Å². The first-order valence-corrected chi connectivity index (χ1v) is 34.2. The first kappa shape index (κ1) is 88.0. The number of aryl methyl sites for hydroxylation is 3. The predicted octanol–water partition coefficient (Wildman–Crippen LogP) is 20.1. The Kier molecular flexibility index (Phi) is 35.2. The summed E-state index contributed by atoms with van der Waals surface area (Å²) < 4.78 is 14.3. The van der Waals surface area contributed by atoms with E-state index in [4.69, 9.17) is 9.47 Å². The number of benzene rings is 6. The van der Waals surface area contributed by atoms with Gasteiger partial charge >= 0.3 is 12.2 Å². The fraction of sp³-hybridized carbons (Fsp3) is 0.494. The normalized spacial score (nSPS) is 11.8. The number of anilines is 2. The first-order valence-electron chi connectivity index (χ1n) is 31.9. The Bertz CT molecular complexity index is 3320. The van der Waals surface area contributed by atoms with E-state index in [0.29, 0.717) is 46.8 Å². The molecule has 0 heterocycles. The summed E-state index contributed by atoms with van der Waals surface area (Å²) in [7, 11) is 4.05. The van der Waals surface area contributed by atoms with Gasteiger partial charge in [-0.05, 0) is 140 Å². The maximum absolute atomic E-state index is 12.3. The molecule has 14 nitrogen and oxygen atoms in total. The van der Waals surface area contributed by atoms with Crippen LogP contribution in [0.1, 0.15) is 204 Å². The Morgan fingerprint density at radius 2 is 0.823 bits per heavy atom. The van der Waals surface area contributed by atoms with Gasteiger partial charge in [-0.1, -0.05) is 234 Å². The standard InChI is InChI=1S/C27H39NO4S.C25H35NO3S.C17H26NO.C9H11NO2.CH4.Y/c1-18-9-11-20(12-10-18)28(25(31)32-8)15-21(29)17-33-16-19-13-22(26(2,3)4)24(30)23(14-19)27(5,6)7;1-17-9-11-19(12-10-17)26(23(28)29-8)16-30-15-18-13-20(24(2,3)4)22(27)21(14-18)25(5,6)7;1-12-14(16(2,3)4)8-13(10-18-11-19)9-15(12)17(5,6)7;1-7-3-5-8(6-4-7)10-9(11)12-2;;/h9-14,21,29-30H,15-17H2,1-8H3;9-14,27H,15-16H2,1-8H3;8-9H,10H2,1-7H3,(H,18,19);3-6H,1-2H3,(H,10,11);1H4;/q;;-1;;;/p-1. The number of aliphatic hydroxyl groups is 1. The topological polar surface area (TPSA) is 189 Å². The molecule has 0 bridgehead atoms. The van der Waals surface area contributed by atoms with Gasteiger partial charge in [0.25, 0.3) is 0 Å². The van der Waals surface area contributed by atoms with Crippen molar-refractivity contribution in [3.63, 3.8) is 0 Å². The second-order valence-corrected chi connectivity index (χ2v) is 32.0. The quantitative estimate of drug-likeness (QED) is 0.0311. The molecule has 0 fully saturated rings. The van der Waals surface area contributed by atoms with Gasteiger partial charge in [0, 0.05) is 67.9 Å². The summed E-state index contributed by atoms with van der Waals surface area (Å²) in [5, 5.41) is 38.8. The van der Waals surface area contributed by atoms with Gasteiger partial charge in [0.1, 0.15) is 11.5 Å². The number of carbonyl (C=O) groups excluding carboxylic acids is 4. The van der Waals surface area contributed by atoms with E-state index in [1.54, 1.807) is 47.0 Å². The molecule has 0 aliphatic rings. The van der Waals surface area contributed by atoms with E-state index >= 15 is 0 Å². The largest absolute Gasteiger partial charge is 0.591 e. The smallest absolute Gasteiger partial charge is 0.414 e. The second kappa shape index (κ2) is 38.4. The minimum absolute atomic E-state index is 0. The maximum Gasteiger partial charge on any atom is 0.414 e. The molecule has 1 atom stereocenters. The monoisotopic (exact) mass is 1430 g/mol. The molecule has 6 rings (SSSR count). The molecular weight excluding hydrogens is 1320 g/mol. The average Bonchev–Trinajstić information content (AvgIpc) is 0.797. The third-order valence-corrected chi connectivity index (χ3v) is 17.5. The van der Waals surface area contributed by atoms with Gasteiger partial charge in [0.2, 0.25) is 6.09 Å². The van der Waals surface area contributed by atoms with Gasteiger partial charge < -0.3 is 45.0 Å². The van der Waals surface area contributed by atoms with Gasteiger partial charge in [-0.2, -0.15) is 18.2 Å². The zero-order valence-electron chi connectivity index (χ0n) is 61.6. The molecule has 96 heavy (non-hydrogen) atoms. The molecule has 0 spiro atoms. The van der Waals surface area contributed by atoms with Crippen LogP contribution in [0.3, 0.4) is 0 Å². The number of nitrogens with one attached hydrogen (secondary N) is 1. The average molecular weight is 1430 g/mol. The van der Waals surface area contributed by atoms with Crippen LogP contribution in [0.4, 0.5) is 31.4 Å². The second-order valence-electron chi connectivity index (χ2n) is 30.1. The molecule has 0 aromatic heterocycles. The van der Waals surface area contributed by atoms with Crippen molar-refractivity contribution in [3.05, 3.63) is 187 Å². The van der Waals surface area contributed by atoms with Crippen molar-refractivity contribution in [3.8, 4) is 11.5 Å². The molecule has 1 unspecified atom stereocenters. The number of phenolic OH excluding ortho intramolecular Hbond substituents is 2. The summed E-state index contributed by atoms with van der Waals surface area (Å²) >= 11 is 3.25. The number of rotatable bonds is 16. The van der Waals surface area contributed by atoms with Crippen molar-refractivity contribution in [1.29, 1.82) is 0 Å². The van der Waals surface area contributed by atoms with E-state index in [9.17, 15) is 34.5 Å². The Hall–Kier alpha value is -6.04. The number of aliphatic hydroxyl groups excluding tert-OH is 1. The third kappa shape index (κ3) is 28.1. The molecule has 0 saturated heterocycles. The minimum atomic E-state index is -0.711. The van der Waals surface area contributed by atoms with Crippen LogP contribution in [0.5, 0.6) is 11.5 Å². The fourth-order valence-electron chi connectivity index (χ4n) is 10.2. The van der Waals surface area contributed by atoms with Gasteiger partial charge in [-0.3, -0.25) is 14.6 Å². The molecule has 0 aliphatic heterocycles. The predicted molar refractivity (Wildman–Crippen MR) is 401 cm³/mol. The molecule has 0 aliphatic carbocycles. The van der Waals surface area contributed by atoms with Crippen LogP contribution >= 0.6 is 23.5 Å². The zero-order chi connectivity index (χ0) is 71.5. The summed E-state index contributed by atoms with van der Waals surface area (Å²) in [6, 6.07) is 35.4. The molecule has 527 valence electrons. The van der Waals surface area contributed by atoms with Crippen LogP contribution < -0.4 is 15.1 Å². The summed E-state index contributed by atoms with van der Waals surface area (Å²) in [5.74, 6) is 3.13. The van der Waals surface area contributed by atoms with E-state index < -0.39 is 18.3 Å². The number of nitrogens with zero attached hydrogens (tertiary/aromatic N) is 3. The van der Waals surface area contributed by atoms with Gasteiger partial charge in [-0.15, -0.1) is 17.4 Å². The van der Waals surface area contributed by atoms with Gasteiger partial charge in [0.15, 0.2) is 0 Å². The summed E-state index contributed by atoms with van der Waals surface area (Å²) in [4.78, 5) is 48.7. The fourth-order valence-corrected chi connectivity index (χ4v) is 12.0. The Labute approximate surface area is 611 Å². The van der Waals surface area contributed by atoms with Crippen molar-refractivity contribution < 1.29 is 81.4 Å². The Morgan fingerprint density at radius 3 is 1.16 bits per heavy atom. The van der Waals surface area contributed by atoms with Crippen LogP contribution in [-0.4, -0.2) is 85.6 Å². The number of carbonyl (C=O) groups is 3. The first-order chi connectivity index (χ1) is 43.4. The Morgan fingerprint density at radius 1 is 0.500 bits per heavy atom. The number of hydrogen-bond donors (Lipinski definition) is 4. The van der Waals surface area contributed by atoms with Crippen LogP contribution in [0, 0.1) is 27.7 Å². The summed E-state index contributed by atoms with van der Waals surface area (Å²) in [6.07, 6.45) is -0.401. The molecule has 0 saturated carbocycles. The SMILES string of the molecule is C.COC(=O)N(CC(O)CSCc1cc(C(C)(C)C)c(O)c(C(C)(C)C)c1)c1ccc(C)cc1.COC(=O)N(CSCc1cc(C(C)(C)C)c(O)c(C(C)(C)C)c1)c1ccc(C)cc1.COC(=O)[N-]c1ccc(C)cc1.Cc1c(C(C)(C)C)cc(CN[C-]=O)cc1C(C)(C)C.[Y]. The van der Waals surface area contributed by atoms with Crippen molar-refractivity contribution in [2.24, 2.45) is 0 Å². The van der Waals surface area contributed by atoms with Crippen LogP contribution in [-0.2, 0) is 102 Å². The number of methoxy groups -OCH3 is 3. The number of thioether (sulfide) groups is 2. The molecule has 4 amide bonds. The van der Waals surface area contributed by atoms with Gasteiger partial charge in [-0.25, -0.2) is 9.59 Å². The zero-order valence-corrected chi connectivity index (χ0v) is 66.1. The number of ether oxygens (including phenoxy) is 3. The molecule has 6 aromatic carbocycles. The summed E-state index contributed by atoms with van der Waals surface area (Å²) in [6.45, 7) is 47.5. The van der Waals surface area contributed by atoms with Crippen molar-refractivity contribution in [1.82, 2.24) is 5.32 Å². The van der Waals surface area contributed by atoms with E-state index in [1.807, 2.05) is 81.4 Å². The van der Waals surface area contributed by atoms with E-state index in [0.717, 1.165) is 67.1 Å². The summed E-state index contributed by atoms with van der Waals surface area (Å²) in [5.41, 5.74) is 16.2. The number of aromatic hydroxyl groups is 2. The molecule has 17 heteroatoms. The number of amides is 4. The van der Waals surface area contributed by atoms with Crippen LogP contribution in [0.15, 0.2) is 109 Å². The minimum Gasteiger partial charge on any atom is -0.591 e. The molecular formula is C79H114N4O10S2Y-2.